The Balaban J connectivity index is 2.35. The Morgan fingerprint density at radius 3 is 2.80 bits per heavy atom. The van der Waals surface area contributed by atoms with Crippen molar-refractivity contribution in [1.82, 2.24) is 4.90 Å². The fourth-order valence-electron chi connectivity index (χ4n) is 2.53. The number of nitrogens with zero attached hydrogens (tertiary/aromatic N) is 2. The molecule has 1 saturated carbocycles. The summed E-state index contributed by atoms with van der Waals surface area (Å²) < 4.78 is 0. The molecule has 0 spiro atoms. The van der Waals surface area contributed by atoms with Crippen LogP contribution >= 0.6 is 12.2 Å². The zero-order valence-electron chi connectivity index (χ0n) is 11.3. The van der Waals surface area contributed by atoms with Gasteiger partial charge < -0.3 is 4.90 Å². The van der Waals surface area contributed by atoms with Crippen LogP contribution in [-0.2, 0) is 0 Å². The highest BCUT2D eigenvalue weighted by atomic mass is 32.1. The topological polar surface area (TPSA) is 70.2 Å². The van der Waals surface area contributed by atoms with Crippen LogP contribution in [-0.4, -0.2) is 28.2 Å². The Morgan fingerprint density at radius 1 is 1.60 bits per heavy atom. The van der Waals surface area contributed by atoms with E-state index in [9.17, 15) is 10.1 Å². The summed E-state index contributed by atoms with van der Waals surface area (Å²) in [6, 6.07) is 6.61. The number of hydrogen-bond donors (Lipinski definition) is 1. The van der Waals surface area contributed by atoms with Crippen molar-refractivity contribution in [3.05, 3.63) is 39.9 Å². The predicted molar refractivity (Wildman–Crippen MR) is 82.3 cm³/mol. The van der Waals surface area contributed by atoms with Gasteiger partial charge in [-0.25, -0.2) is 0 Å². The SMILES string of the molecule is CN(C=S)C(=N)C(c1cccc([N+](=O)[O-])c1)C1CCC1. The second-order valence-corrected chi connectivity index (χ2v) is 5.33. The van der Waals surface area contributed by atoms with Crippen molar-refractivity contribution >= 4 is 29.2 Å². The Labute approximate surface area is 123 Å². The van der Waals surface area contributed by atoms with Crippen molar-refractivity contribution < 1.29 is 4.92 Å². The maximum absolute atomic E-state index is 10.9. The van der Waals surface area contributed by atoms with E-state index in [1.54, 1.807) is 24.1 Å². The first kappa shape index (κ1) is 14.6. The molecule has 1 aromatic rings. The van der Waals surface area contributed by atoms with E-state index >= 15 is 0 Å². The molecule has 1 atom stereocenters. The number of thiocarbonyl (C=S) groups is 1. The minimum absolute atomic E-state index is 0.0737. The molecular formula is C14H17N3O2S. The molecule has 20 heavy (non-hydrogen) atoms. The highest BCUT2D eigenvalue weighted by Crippen LogP contribution is 2.41. The first-order valence-corrected chi connectivity index (χ1v) is 7.02. The van der Waals surface area contributed by atoms with Gasteiger partial charge in [-0.15, -0.1) is 0 Å². The summed E-state index contributed by atoms with van der Waals surface area (Å²) in [5.41, 5.74) is 2.34. The lowest BCUT2D eigenvalue weighted by molar-refractivity contribution is -0.384. The first-order chi connectivity index (χ1) is 9.54. The van der Waals surface area contributed by atoms with Gasteiger partial charge in [0, 0.05) is 25.1 Å². The van der Waals surface area contributed by atoms with E-state index in [1.165, 1.54) is 11.6 Å². The van der Waals surface area contributed by atoms with Crippen molar-refractivity contribution in [3.63, 3.8) is 0 Å². The third kappa shape index (κ3) is 2.85. The van der Waals surface area contributed by atoms with Gasteiger partial charge >= 0.3 is 0 Å². The summed E-state index contributed by atoms with van der Waals surface area (Å²) in [5.74, 6) is 0.667. The van der Waals surface area contributed by atoms with Gasteiger partial charge in [0.25, 0.3) is 5.69 Å². The number of amidine groups is 1. The lowest BCUT2D eigenvalue weighted by atomic mass is 9.72. The summed E-state index contributed by atoms with van der Waals surface area (Å²) in [7, 11) is 1.75. The molecule has 1 unspecified atom stereocenters. The number of hydrogen-bond acceptors (Lipinski definition) is 4. The van der Waals surface area contributed by atoms with E-state index in [0.29, 0.717) is 11.8 Å². The Bertz CT molecular complexity index is 543. The van der Waals surface area contributed by atoms with Crippen LogP contribution in [0.25, 0.3) is 0 Å². The van der Waals surface area contributed by atoms with Crippen LogP contribution in [0.15, 0.2) is 24.3 Å². The number of nitro groups is 1. The second-order valence-electron chi connectivity index (χ2n) is 5.12. The quantitative estimate of drug-likeness (QED) is 0.297. The molecule has 1 aromatic carbocycles. The molecule has 0 aromatic heterocycles. The zero-order chi connectivity index (χ0) is 14.7. The largest absolute Gasteiger partial charge is 0.330 e. The highest BCUT2D eigenvalue weighted by molar-refractivity contribution is 7.78. The number of non-ortho nitro benzene ring substituents is 1. The van der Waals surface area contributed by atoms with Gasteiger partial charge in [0.1, 0.15) is 5.84 Å². The highest BCUT2D eigenvalue weighted by Gasteiger charge is 2.33. The van der Waals surface area contributed by atoms with Crippen molar-refractivity contribution in [2.75, 3.05) is 7.05 Å². The molecule has 1 fully saturated rings. The summed E-state index contributed by atoms with van der Waals surface area (Å²) in [4.78, 5) is 12.1. The number of rotatable bonds is 5. The van der Waals surface area contributed by atoms with Crippen molar-refractivity contribution in [2.45, 2.75) is 25.2 Å². The zero-order valence-corrected chi connectivity index (χ0v) is 12.1. The second kappa shape index (κ2) is 6.09. The van der Waals surface area contributed by atoms with E-state index < -0.39 is 4.92 Å². The van der Waals surface area contributed by atoms with E-state index in [-0.39, 0.29) is 11.6 Å². The minimum atomic E-state index is -0.395. The molecule has 2 rings (SSSR count). The molecule has 1 N–H and O–H groups in total. The van der Waals surface area contributed by atoms with Crippen molar-refractivity contribution in [2.24, 2.45) is 5.92 Å². The first-order valence-electron chi connectivity index (χ1n) is 6.55. The maximum Gasteiger partial charge on any atom is 0.269 e. The average Bonchev–Trinajstić information content (AvgIpc) is 2.41. The van der Waals surface area contributed by atoms with Gasteiger partial charge in [-0.05, 0) is 24.3 Å². The third-order valence-electron chi connectivity index (χ3n) is 3.89. The van der Waals surface area contributed by atoms with E-state index in [2.05, 4.69) is 0 Å². The third-order valence-corrected chi connectivity index (χ3v) is 4.21. The van der Waals surface area contributed by atoms with E-state index in [0.717, 1.165) is 24.8 Å². The van der Waals surface area contributed by atoms with Crippen LogP contribution in [0.2, 0.25) is 0 Å². The normalized spacial score (nSPS) is 16.1. The number of benzene rings is 1. The Hall–Kier alpha value is -1.82. The standard InChI is InChI=1S/C14H17N3O2S/c1-16(9-20)14(15)13(10-4-2-5-10)11-6-3-7-12(8-11)17(18)19/h3,6-10,13,15H,2,4-5H2,1H3. The molecule has 0 saturated heterocycles. The molecule has 1 aliphatic carbocycles. The summed E-state index contributed by atoms with van der Waals surface area (Å²) in [6.45, 7) is 0. The van der Waals surface area contributed by atoms with Crippen LogP contribution in [0, 0.1) is 21.4 Å². The lowest BCUT2D eigenvalue weighted by Crippen LogP contribution is -2.35. The molecule has 5 nitrogen and oxygen atoms in total. The van der Waals surface area contributed by atoms with Gasteiger partial charge in [0.2, 0.25) is 0 Å². The van der Waals surface area contributed by atoms with Crippen LogP contribution in [0.1, 0.15) is 30.7 Å². The van der Waals surface area contributed by atoms with Crippen molar-refractivity contribution in [1.29, 1.82) is 5.41 Å². The molecular weight excluding hydrogens is 274 g/mol. The van der Waals surface area contributed by atoms with Crippen LogP contribution in [0.4, 0.5) is 5.69 Å². The average molecular weight is 291 g/mol. The van der Waals surface area contributed by atoms with Gasteiger partial charge in [0.15, 0.2) is 0 Å². The number of nitrogens with one attached hydrogen (secondary N) is 1. The molecule has 0 bridgehead atoms. The fraction of sp³-hybridized carbons (Fsp3) is 0.429. The summed E-state index contributed by atoms with van der Waals surface area (Å²) in [6.07, 6.45) is 3.27. The molecule has 0 aliphatic heterocycles. The van der Waals surface area contributed by atoms with Gasteiger partial charge in [-0.1, -0.05) is 30.8 Å². The lowest BCUT2D eigenvalue weighted by Gasteiger charge is -2.36. The van der Waals surface area contributed by atoms with Gasteiger partial charge in [-0.2, -0.15) is 0 Å². The molecule has 0 heterocycles. The van der Waals surface area contributed by atoms with Crippen LogP contribution in [0.5, 0.6) is 0 Å². The molecule has 1 aliphatic rings. The van der Waals surface area contributed by atoms with Crippen LogP contribution in [0.3, 0.4) is 0 Å². The molecule has 6 heteroatoms. The number of likely N-dealkylation sites (N-methyl/N-ethyl adjacent to an activating group) is 1. The van der Waals surface area contributed by atoms with E-state index in [1.807, 2.05) is 6.07 Å². The summed E-state index contributed by atoms with van der Waals surface area (Å²) >= 11 is 4.88. The van der Waals surface area contributed by atoms with Crippen LogP contribution < -0.4 is 0 Å². The molecule has 0 amide bonds. The minimum Gasteiger partial charge on any atom is -0.330 e. The van der Waals surface area contributed by atoms with E-state index in [4.69, 9.17) is 17.6 Å². The Kier molecular flexibility index (Phi) is 4.44. The predicted octanol–water partition coefficient (Wildman–Crippen LogP) is 3.34. The molecule has 106 valence electrons. The monoisotopic (exact) mass is 291 g/mol. The molecule has 0 radical (unpaired) electrons. The smallest absolute Gasteiger partial charge is 0.269 e. The maximum atomic E-state index is 10.9. The van der Waals surface area contributed by atoms with Gasteiger partial charge in [-0.3, -0.25) is 15.5 Å². The fourth-order valence-corrected chi connectivity index (χ4v) is 2.65. The summed E-state index contributed by atoms with van der Waals surface area (Å²) in [5, 5.41) is 19.2. The number of nitro benzene ring substituents is 1. The Morgan fingerprint density at radius 2 is 2.30 bits per heavy atom. The van der Waals surface area contributed by atoms with Gasteiger partial charge in [0.05, 0.1) is 10.4 Å². The van der Waals surface area contributed by atoms with Crippen molar-refractivity contribution in [3.8, 4) is 0 Å².